The van der Waals surface area contributed by atoms with Gasteiger partial charge in [0.2, 0.25) is 5.91 Å². The Bertz CT molecular complexity index is 756. The Morgan fingerprint density at radius 1 is 1.25 bits per heavy atom. The van der Waals surface area contributed by atoms with Crippen LogP contribution in [0, 0.1) is 11.7 Å². The van der Waals surface area contributed by atoms with Gasteiger partial charge in [0.15, 0.2) is 0 Å². The van der Waals surface area contributed by atoms with Crippen LogP contribution >= 0.6 is 23.2 Å². The minimum absolute atomic E-state index is 0.113. The predicted octanol–water partition coefficient (Wildman–Crippen LogP) is 3.21. The molecule has 3 rings (SSSR count). The van der Waals surface area contributed by atoms with Crippen molar-refractivity contribution in [2.45, 2.75) is 12.6 Å². The van der Waals surface area contributed by atoms with Crippen molar-refractivity contribution in [2.24, 2.45) is 5.92 Å². The average molecular weight is 368 g/mol. The van der Waals surface area contributed by atoms with Crippen molar-refractivity contribution in [3.8, 4) is 0 Å². The van der Waals surface area contributed by atoms with Gasteiger partial charge in [-0.3, -0.25) is 10.2 Å². The summed E-state index contributed by atoms with van der Waals surface area (Å²) in [6.07, 6.45) is 0. The van der Waals surface area contributed by atoms with Gasteiger partial charge in [0.05, 0.1) is 12.0 Å². The normalized spacial score (nSPS) is 20.1. The predicted molar refractivity (Wildman–Crippen MR) is 92.1 cm³/mol. The van der Waals surface area contributed by atoms with Crippen molar-refractivity contribution < 1.29 is 9.18 Å². The van der Waals surface area contributed by atoms with E-state index in [0.29, 0.717) is 22.2 Å². The average Bonchev–Trinajstić information content (AvgIpc) is 3.03. The number of rotatable bonds is 4. The van der Waals surface area contributed by atoms with Crippen LogP contribution in [0.2, 0.25) is 10.0 Å². The lowest BCUT2D eigenvalue weighted by atomic mass is 9.94. The van der Waals surface area contributed by atoms with Crippen LogP contribution in [0.3, 0.4) is 0 Å². The molecule has 126 valence electrons. The van der Waals surface area contributed by atoms with Gasteiger partial charge in [-0.05, 0) is 35.4 Å². The fraction of sp³-hybridized carbons (Fsp3) is 0.235. The summed E-state index contributed by atoms with van der Waals surface area (Å²) in [5.74, 6) is -0.805. The van der Waals surface area contributed by atoms with Crippen LogP contribution in [0.25, 0.3) is 0 Å². The van der Waals surface area contributed by atoms with Crippen molar-refractivity contribution in [2.75, 3.05) is 6.54 Å². The van der Waals surface area contributed by atoms with Gasteiger partial charge in [0.1, 0.15) is 5.82 Å². The van der Waals surface area contributed by atoms with E-state index in [1.165, 1.54) is 12.1 Å². The molecule has 1 heterocycles. The number of carbonyl (C=O) groups is 1. The van der Waals surface area contributed by atoms with Gasteiger partial charge in [-0.2, -0.15) is 0 Å². The SMILES string of the molecule is O=C(NCc1ccc(F)cc1Cl)C1CNNC1c1cccc(Cl)c1. The van der Waals surface area contributed by atoms with Crippen LogP contribution in [0.1, 0.15) is 17.2 Å². The number of hydrogen-bond donors (Lipinski definition) is 3. The molecule has 2 aromatic rings. The third kappa shape index (κ3) is 3.87. The van der Waals surface area contributed by atoms with E-state index in [0.717, 1.165) is 5.56 Å². The fourth-order valence-electron chi connectivity index (χ4n) is 2.74. The number of benzene rings is 2. The molecule has 0 aliphatic carbocycles. The quantitative estimate of drug-likeness (QED) is 0.777. The molecule has 0 radical (unpaired) electrons. The van der Waals surface area contributed by atoms with E-state index in [-0.39, 0.29) is 24.4 Å². The molecule has 0 aromatic heterocycles. The Kier molecular flexibility index (Phi) is 5.36. The molecule has 2 atom stereocenters. The maximum Gasteiger partial charge on any atom is 0.226 e. The fourth-order valence-corrected chi connectivity index (χ4v) is 3.17. The van der Waals surface area contributed by atoms with Crippen LogP contribution in [0.4, 0.5) is 4.39 Å². The highest BCUT2D eigenvalue weighted by Crippen LogP contribution is 2.27. The van der Waals surface area contributed by atoms with Gasteiger partial charge in [0.25, 0.3) is 0 Å². The highest BCUT2D eigenvalue weighted by atomic mass is 35.5. The molecule has 2 unspecified atom stereocenters. The van der Waals surface area contributed by atoms with Crippen LogP contribution in [0.5, 0.6) is 0 Å². The van der Waals surface area contributed by atoms with Gasteiger partial charge in [-0.1, -0.05) is 41.4 Å². The van der Waals surface area contributed by atoms with Crippen molar-refractivity contribution in [3.63, 3.8) is 0 Å². The van der Waals surface area contributed by atoms with Gasteiger partial charge < -0.3 is 5.32 Å². The van der Waals surface area contributed by atoms with E-state index in [2.05, 4.69) is 16.2 Å². The van der Waals surface area contributed by atoms with Crippen LogP contribution in [0.15, 0.2) is 42.5 Å². The third-order valence-electron chi connectivity index (χ3n) is 3.99. The largest absolute Gasteiger partial charge is 0.352 e. The minimum atomic E-state index is -0.403. The third-order valence-corrected chi connectivity index (χ3v) is 4.58. The van der Waals surface area contributed by atoms with E-state index >= 15 is 0 Å². The van der Waals surface area contributed by atoms with Gasteiger partial charge in [-0.25, -0.2) is 9.82 Å². The second-order valence-corrected chi connectivity index (χ2v) is 6.46. The molecule has 0 bridgehead atoms. The Labute approximate surface area is 149 Å². The molecule has 1 aliphatic heterocycles. The lowest BCUT2D eigenvalue weighted by Crippen LogP contribution is -2.34. The van der Waals surface area contributed by atoms with Crippen LogP contribution in [-0.2, 0) is 11.3 Å². The molecule has 1 fully saturated rings. The summed E-state index contributed by atoms with van der Waals surface area (Å²) in [6, 6.07) is 11.3. The zero-order chi connectivity index (χ0) is 17.1. The summed E-state index contributed by atoms with van der Waals surface area (Å²) in [7, 11) is 0. The van der Waals surface area contributed by atoms with E-state index in [4.69, 9.17) is 23.2 Å². The van der Waals surface area contributed by atoms with Gasteiger partial charge in [0, 0.05) is 23.1 Å². The van der Waals surface area contributed by atoms with Crippen LogP contribution < -0.4 is 16.2 Å². The van der Waals surface area contributed by atoms with Gasteiger partial charge in [-0.15, -0.1) is 0 Å². The number of hydrogen-bond acceptors (Lipinski definition) is 3. The minimum Gasteiger partial charge on any atom is -0.352 e. The highest BCUT2D eigenvalue weighted by Gasteiger charge is 2.33. The molecule has 4 nitrogen and oxygen atoms in total. The summed E-state index contributed by atoms with van der Waals surface area (Å²) in [6.45, 7) is 0.747. The first-order chi connectivity index (χ1) is 11.5. The van der Waals surface area contributed by atoms with Crippen molar-refractivity contribution in [1.29, 1.82) is 0 Å². The lowest BCUT2D eigenvalue weighted by Gasteiger charge is -2.19. The molecular weight excluding hydrogens is 352 g/mol. The Balaban J connectivity index is 1.67. The summed E-state index contributed by atoms with van der Waals surface area (Å²) in [5, 5.41) is 3.78. The summed E-state index contributed by atoms with van der Waals surface area (Å²) in [5.41, 5.74) is 7.72. The van der Waals surface area contributed by atoms with Crippen molar-refractivity contribution >= 4 is 29.1 Å². The van der Waals surface area contributed by atoms with E-state index in [1.807, 2.05) is 18.2 Å². The molecule has 2 aromatic carbocycles. The second kappa shape index (κ2) is 7.49. The van der Waals surface area contributed by atoms with E-state index in [9.17, 15) is 9.18 Å². The summed E-state index contributed by atoms with van der Waals surface area (Å²) in [4.78, 5) is 12.5. The topological polar surface area (TPSA) is 53.2 Å². The molecule has 1 amide bonds. The molecule has 7 heteroatoms. The zero-order valence-corrected chi connectivity index (χ0v) is 14.2. The van der Waals surface area contributed by atoms with E-state index < -0.39 is 5.82 Å². The molecule has 0 saturated carbocycles. The first kappa shape index (κ1) is 17.2. The zero-order valence-electron chi connectivity index (χ0n) is 12.7. The molecule has 3 N–H and O–H groups in total. The van der Waals surface area contributed by atoms with Crippen molar-refractivity contribution in [3.05, 3.63) is 69.5 Å². The molecule has 24 heavy (non-hydrogen) atoms. The van der Waals surface area contributed by atoms with Gasteiger partial charge >= 0.3 is 0 Å². The Morgan fingerprint density at radius 3 is 2.83 bits per heavy atom. The molecule has 1 saturated heterocycles. The number of hydrazine groups is 1. The number of halogens is 3. The second-order valence-electron chi connectivity index (χ2n) is 5.62. The monoisotopic (exact) mass is 367 g/mol. The maximum absolute atomic E-state index is 13.1. The Morgan fingerprint density at radius 2 is 2.08 bits per heavy atom. The summed E-state index contributed by atoms with van der Waals surface area (Å²) < 4.78 is 13.1. The number of amides is 1. The maximum atomic E-state index is 13.1. The molecular formula is C17H16Cl2FN3O. The smallest absolute Gasteiger partial charge is 0.226 e. The Hall–Kier alpha value is -1.66. The first-order valence-electron chi connectivity index (χ1n) is 7.50. The lowest BCUT2D eigenvalue weighted by molar-refractivity contribution is -0.125. The molecule has 1 aliphatic rings. The van der Waals surface area contributed by atoms with Crippen molar-refractivity contribution in [1.82, 2.24) is 16.2 Å². The number of nitrogens with one attached hydrogen (secondary N) is 3. The molecule has 0 spiro atoms. The standard InChI is InChI=1S/C17H16Cl2FN3O/c18-12-3-1-2-10(6-12)16-14(9-22-23-16)17(24)21-8-11-4-5-13(20)7-15(11)19/h1-7,14,16,22-23H,8-9H2,(H,21,24). The highest BCUT2D eigenvalue weighted by molar-refractivity contribution is 6.31. The van der Waals surface area contributed by atoms with Crippen LogP contribution in [-0.4, -0.2) is 12.5 Å². The summed E-state index contributed by atoms with van der Waals surface area (Å²) >= 11 is 12.0. The van der Waals surface area contributed by atoms with E-state index in [1.54, 1.807) is 12.1 Å². The first-order valence-corrected chi connectivity index (χ1v) is 8.25. The number of carbonyl (C=O) groups excluding carboxylic acids is 1.